The van der Waals surface area contributed by atoms with Gasteiger partial charge in [0.05, 0.1) is 0 Å². The predicted octanol–water partition coefficient (Wildman–Crippen LogP) is 4.17. The molecule has 1 rings (SSSR count). The SMILES string of the molecule is CCO[PH](O)(CC1C=C(C(C)(C)C)C(O)C(C(C)(C)C)C1)OC. The van der Waals surface area contributed by atoms with Gasteiger partial charge in [-0.25, -0.2) is 0 Å². The van der Waals surface area contributed by atoms with E-state index >= 15 is 0 Å². The molecule has 138 valence electrons. The zero-order chi connectivity index (χ0) is 18.1. The van der Waals surface area contributed by atoms with E-state index < -0.39 is 14.0 Å². The third kappa shape index (κ3) is 5.51. The van der Waals surface area contributed by atoms with E-state index in [2.05, 4.69) is 47.6 Å². The molecule has 2 N–H and O–H groups in total. The Morgan fingerprint density at radius 3 is 2.17 bits per heavy atom. The first-order chi connectivity index (χ1) is 10.3. The Morgan fingerprint density at radius 2 is 1.78 bits per heavy atom. The van der Waals surface area contributed by atoms with Crippen molar-refractivity contribution in [3.63, 3.8) is 0 Å². The molecule has 0 saturated heterocycles. The Balaban J connectivity index is 3.14. The molecule has 0 aliphatic heterocycles. The topological polar surface area (TPSA) is 58.9 Å². The molecular formula is C18H37O4P. The zero-order valence-electron chi connectivity index (χ0n) is 16.1. The van der Waals surface area contributed by atoms with Gasteiger partial charge < -0.3 is 0 Å². The maximum atomic E-state index is 10.9. The summed E-state index contributed by atoms with van der Waals surface area (Å²) in [7, 11) is -1.61. The fourth-order valence-corrected chi connectivity index (χ4v) is 5.31. The van der Waals surface area contributed by atoms with Gasteiger partial charge in [-0.2, -0.15) is 0 Å². The van der Waals surface area contributed by atoms with Gasteiger partial charge in [0.15, 0.2) is 0 Å². The molecule has 3 unspecified atom stereocenters. The van der Waals surface area contributed by atoms with Gasteiger partial charge in [-0.1, -0.05) is 0 Å². The maximum absolute atomic E-state index is 10.9. The summed E-state index contributed by atoms with van der Waals surface area (Å²) in [5.41, 5.74) is 0.971. The molecule has 0 saturated carbocycles. The fraction of sp³-hybridized carbons (Fsp3) is 0.889. The van der Waals surface area contributed by atoms with Gasteiger partial charge in [0.25, 0.3) is 0 Å². The second-order valence-electron chi connectivity index (χ2n) is 8.84. The molecule has 0 aromatic rings. The van der Waals surface area contributed by atoms with Gasteiger partial charge in [-0.05, 0) is 0 Å². The summed E-state index contributed by atoms with van der Waals surface area (Å²) in [6.45, 7) is 15.2. The van der Waals surface area contributed by atoms with E-state index in [0.29, 0.717) is 12.8 Å². The van der Waals surface area contributed by atoms with Crippen molar-refractivity contribution in [3.8, 4) is 0 Å². The number of hydrogen-bond donors (Lipinski definition) is 2. The van der Waals surface area contributed by atoms with Crippen LogP contribution in [0, 0.1) is 22.7 Å². The van der Waals surface area contributed by atoms with Crippen LogP contribution >= 0.6 is 7.94 Å². The molecule has 4 nitrogen and oxygen atoms in total. The average molecular weight is 348 g/mol. The van der Waals surface area contributed by atoms with Crippen LogP contribution in [0.5, 0.6) is 0 Å². The predicted molar refractivity (Wildman–Crippen MR) is 98.6 cm³/mol. The summed E-state index contributed by atoms with van der Waals surface area (Å²) in [5, 5.41) is 10.9. The van der Waals surface area contributed by atoms with Crippen LogP contribution in [0.15, 0.2) is 11.6 Å². The van der Waals surface area contributed by atoms with Crippen LogP contribution < -0.4 is 0 Å². The number of allylic oxidation sites excluding steroid dienone is 1. The third-order valence-electron chi connectivity index (χ3n) is 4.86. The molecule has 0 bridgehead atoms. The molecule has 0 fully saturated rings. The van der Waals surface area contributed by atoms with Crippen LogP contribution in [-0.4, -0.2) is 36.0 Å². The molecule has 0 aromatic carbocycles. The quantitative estimate of drug-likeness (QED) is 0.578. The van der Waals surface area contributed by atoms with Crippen LogP contribution in [0.25, 0.3) is 0 Å². The van der Waals surface area contributed by atoms with Crippen molar-refractivity contribution in [2.24, 2.45) is 22.7 Å². The Hall–Kier alpha value is 0.0100. The number of aliphatic hydroxyl groups is 1. The van der Waals surface area contributed by atoms with Gasteiger partial charge in [0, 0.05) is 0 Å². The molecule has 0 amide bonds. The molecule has 1 aliphatic rings. The standard InChI is InChI=1S/C18H37O4P/c1-9-22-23(20,21-8)12-13-10-14(17(2,3)4)16(19)15(11-13)18(5,6)7/h10,13,15-16,19-20,23H,9,11-12H2,1-8H3. The van der Waals surface area contributed by atoms with Gasteiger partial charge in [0.1, 0.15) is 0 Å². The van der Waals surface area contributed by atoms with Gasteiger partial charge in [0.2, 0.25) is 0 Å². The monoisotopic (exact) mass is 348 g/mol. The van der Waals surface area contributed by atoms with Crippen molar-refractivity contribution in [1.82, 2.24) is 0 Å². The molecule has 0 radical (unpaired) electrons. The number of hydrogen-bond acceptors (Lipinski definition) is 4. The molecule has 3 atom stereocenters. The van der Waals surface area contributed by atoms with E-state index in [1.165, 1.54) is 7.11 Å². The Bertz CT molecular complexity index is 422. The van der Waals surface area contributed by atoms with Crippen molar-refractivity contribution in [2.45, 2.75) is 61.0 Å². The van der Waals surface area contributed by atoms with Gasteiger partial charge >= 0.3 is 142 Å². The molecule has 0 aromatic heterocycles. The summed E-state index contributed by atoms with van der Waals surface area (Å²) >= 11 is 0. The molecular weight excluding hydrogens is 311 g/mol. The summed E-state index contributed by atoms with van der Waals surface area (Å²) in [5.74, 6) is 0.323. The van der Waals surface area contributed by atoms with E-state index in [0.717, 1.165) is 12.0 Å². The van der Waals surface area contributed by atoms with E-state index in [9.17, 15) is 10.00 Å². The van der Waals surface area contributed by atoms with Crippen molar-refractivity contribution in [3.05, 3.63) is 11.6 Å². The minimum atomic E-state index is -3.14. The normalized spacial score (nSPS) is 27.7. The van der Waals surface area contributed by atoms with E-state index in [-0.39, 0.29) is 22.7 Å². The van der Waals surface area contributed by atoms with Crippen LogP contribution in [-0.2, 0) is 9.05 Å². The van der Waals surface area contributed by atoms with Gasteiger partial charge in [-0.3, -0.25) is 0 Å². The van der Waals surface area contributed by atoms with Crippen molar-refractivity contribution in [1.29, 1.82) is 0 Å². The van der Waals surface area contributed by atoms with Crippen LogP contribution in [0.2, 0.25) is 0 Å². The summed E-state index contributed by atoms with van der Waals surface area (Å²) in [4.78, 5) is 10.6. The van der Waals surface area contributed by atoms with Crippen molar-refractivity contribution >= 4 is 7.94 Å². The van der Waals surface area contributed by atoms with Crippen LogP contribution in [0.3, 0.4) is 0 Å². The molecule has 1 aliphatic carbocycles. The van der Waals surface area contributed by atoms with Crippen molar-refractivity contribution in [2.75, 3.05) is 19.9 Å². The molecule has 5 heteroatoms. The number of rotatable bonds is 5. The Kier molecular flexibility index (Phi) is 6.86. The summed E-state index contributed by atoms with van der Waals surface area (Å²) in [6, 6.07) is 0. The van der Waals surface area contributed by atoms with Crippen LogP contribution in [0.4, 0.5) is 0 Å². The van der Waals surface area contributed by atoms with Crippen LogP contribution in [0.1, 0.15) is 54.9 Å². The van der Waals surface area contributed by atoms with E-state index in [1.807, 2.05) is 6.92 Å². The van der Waals surface area contributed by atoms with Crippen molar-refractivity contribution < 1.29 is 19.0 Å². The summed E-state index contributed by atoms with van der Waals surface area (Å²) < 4.78 is 10.9. The first-order valence-electron chi connectivity index (χ1n) is 8.66. The molecule has 0 heterocycles. The first kappa shape index (κ1) is 21.1. The second-order valence-corrected chi connectivity index (χ2v) is 11.4. The minimum absolute atomic E-state index is 0.000777. The first-order valence-corrected chi connectivity index (χ1v) is 10.6. The van der Waals surface area contributed by atoms with E-state index in [1.54, 1.807) is 0 Å². The Labute approximate surface area is 142 Å². The van der Waals surface area contributed by atoms with E-state index in [4.69, 9.17) is 9.05 Å². The molecule has 23 heavy (non-hydrogen) atoms. The third-order valence-corrected chi connectivity index (χ3v) is 7.28. The summed E-state index contributed by atoms with van der Waals surface area (Å²) in [6.07, 6.45) is 3.07. The second kappa shape index (κ2) is 7.49. The fourth-order valence-electron chi connectivity index (χ4n) is 3.51. The average Bonchev–Trinajstić information content (AvgIpc) is 2.38. The Morgan fingerprint density at radius 1 is 1.22 bits per heavy atom. The number of aliphatic hydroxyl groups excluding tert-OH is 1. The molecule has 0 spiro atoms. The van der Waals surface area contributed by atoms with Gasteiger partial charge in [-0.15, -0.1) is 0 Å². The zero-order valence-corrected chi connectivity index (χ0v) is 17.1.